The SMILES string of the molecule is O=C(Cn1nc(C(F)F)c2c1C(F)(F)[C@H]1C[C@@H]21)N[C@@H](Cc1cc(F)cc(F)c1)c1nc2cc(-c3cnccc3F)ccc2c(=O)n1-c1ccc(S(=O)(=O)N2CCOCC2)cc1. The first-order chi connectivity index (χ1) is 29.1. The number of hydrogen-bond donors (Lipinski definition) is 1. The average molecular weight is 868 g/mol. The number of sulfonamides is 1. The molecule has 9 rings (SSSR count). The van der Waals surface area contributed by atoms with Crippen LogP contribution in [0.1, 0.15) is 53.1 Å². The van der Waals surface area contributed by atoms with Crippen LogP contribution in [0.2, 0.25) is 0 Å². The number of nitrogens with zero attached hydrogens (tertiary/aromatic N) is 6. The molecule has 1 saturated heterocycles. The second-order valence-electron chi connectivity index (χ2n) is 15.0. The summed E-state index contributed by atoms with van der Waals surface area (Å²) in [5, 5.41) is 6.30. The lowest BCUT2D eigenvalue weighted by molar-refractivity contribution is -0.123. The van der Waals surface area contributed by atoms with Crippen molar-refractivity contribution in [2.24, 2.45) is 5.92 Å². The standard InChI is InChI=1S/C41H32F7N7O5S/c42-23-13-21(14-24(43)17-23)15-33(50-34(56)20-54-37-35(36(52-54)38(45)46)28-18-30(28)41(37,47)48)39-51-32-16-22(29-19-49-8-7-31(29)44)1-6-27(32)40(57)55(39)25-2-4-26(5-3-25)61(58,59)53-9-11-60-12-10-53/h1-8,13-14,16-17,19,28,30,33,38H,9-12,15,18,20H2,(H,50,56)/t28-,30+,33+/m1/s1. The van der Waals surface area contributed by atoms with Crippen LogP contribution < -0.4 is 10.9 Å². The Morgan fingerprint density at radius 2 is 1.69 bits per heavy atom. The molecular weight excluding hydrogens is 836 g/mol. The van der Waals surface area contributed by atoms with E-state index >= 15 is 8.78 Å². The number of rotatable bonds is 11. The van der Waals surface area contributed by atoms with E-state index in [1.54, 1.807) is 0 Å². The fraction of sp³-hybridized carbons (Fsp3) is 0.293. The lowest BCUT2D eigenvalue weighted by Crippen LogP contribution is -2.40. The molecule has 12 nitrogen and oxygen atoms in total. The number of fused-ring (bicyclic) bond motifs is 4. The van der Waals surface area contributed by atoms with Crippen LogP contribution in [0, 0.1) is 23.4 Å². The number of alkyl halides is 4. The van der Waals surface area contributed by atoms with Crippen LogP contribution in [0.4, 0.5) is 30.7 Å². The van der Waals surface area contributed by atoms with Gasteiger partial charge in [0.1, 0.15) is 41.2 Å². The average Bonchev–Trinajstić information content (AvgIpc) is 3.89. The van der Waals surface area contributed by atoms with Crippen LogP contribution in [0.15, 0.2) is 88.8 Å². The van der Waals surface area contributed by atoms with Crippen molar-refractivity contribution in [2.75, 3.05) is 26.3 Å². The van der Waals surface area contributed by atoms with Gasteiger partial charge in [0.05, 0.1) is 40.7 Å². The summed E-state index contributed by atoms with van der Waals surface area (Å²) < 4.78 is 138. The molecule has 1 amide bonds. The fourth-order valence-corrected chi connectivity index (χ4v) is 9.68. The van der Waals surface area contributed by atoms with Gasteiger partial charge in [-0.05, 0) is 78.1 Å². The quantitative estimate of drug-likeness (QED) is 0.149. The Hall–Kier alpha value is -5.99. The summed E-state index contributed by atoms with van der Waals surface area (Å²) in [5.74, 6) is -9.56. The van der Waals surface area contributed by atoms with Gasteiger partial charge in [-0.15, -0.1) is 0 Å². The largest absolute Gasteiger partial charge is 0.379 e. The van der Waals surface area contributed by atoms with Crippen molar-refractivity contribution in [3.05, 3.63) is 135 Å². The maximum Gasteiger partial charge on any atom is 0.293 e. The lowest BCUT2D eigenvalue weighted by atomic mass is 10.0. The van der Waals surface area contributed by atoms with E-state index in [1.807, 2.05) is 0 Å². The van der Waals surface area contributed by atoms with Crippen molar-refractivity contribution in [1.82, 2.24) is 33.9 Å². The molecule has 2 aliphatic carbocycles. The second kappa shape index (κ2) is 15.2. The molecule has 3 aromatic carbocycles. The third kappa shape index (κ3) is 7.24. The molecule has 61 heavy (non-hydrogen) atoms. The van der Waals surface area contributed by atoms with Gasteiger partial charge in [-0.25, -0.2) is 35.4 Å². The molecule has 1 aliphatic heterocycles. The summed E-state index contributed by atoms with van der Waals surface area (Å²) in [6.07, 6.45) is -1.20. The minimum Gasteiger partial charge on any atom is -0.379 e. The Morgan fingerprint density at radius 1 is 0.967 bits per heavy atom. The molecule has 6 aromatic rings. The van der Waals surface area contributed by atoms with Gasteiger partial charge in [-0.1, -0.05) is 6.07 Å². The number of pyridine rings is 1. The van der Waals surface area contributed by atoms with Crippen LogP contribution in [0.5, 0.6) is 0 Å². The first-order valence-electron chi connectivity index (χ1n) is 19.0. The van der Waals surface area contributed by atoms with E-state index in [0.717, 1.165) is 22.8 Å². The van der Waals surface area contributed by atoms with Gasteiger partial charge in [0.2, 0.25) is 15.9 Å². The van der Waals surface area contributed by atoms with Gasteiger partial charge in [0.25, 0.3) is 17.9 Å². The van der Waals surface area contributed by atoms with E-state index in [2.05, 4.69) is 15.4 Å². The predicted octanol–water partition coefficient (Wildman–Crippen LogP) is 6.33. The molecule has 0 bridgehead atoms. The number of hydrogen-bond acceptors (Lipinski definition) is 8. The number of halogens is 7. The van der Waals surface area contributed by atoms with Crippen molar-refractivity contribution in [3.63, 3.8) is 0 Å². The Labute approximate surface area is 341 Å². The summed E-state index contributed by atoms with van der Waals surface area (Å²) in [4.78, 5) is 37.2. The number of nitrogens with one attached hydrogen (secondary N) is 1. The molecule has 0 spiro atoms. The number of morpholine rings is 1. The molecule has 1 saturated carbocycles. The Morgan fingerprint density at radius 3 is 2.38 bits per heavy atom. The van der Waals surface area contributed by atoms with Crippen LogP contribution in [0.25, 0.3) is 27.7 Å². The van der Waals surface area contributed by atoms with Crippen molar-refractivity contribution in [3.8, 4) is 16.8 Å². The molecule has 20 heteroatoms. The molecule has 3 atom stereocenters. The highest BCUT2D eigenvalue weighted by molar-refractivity contribution is 7.89. The topological polar surface area (TPSA) is 141 Å². The molecule has 2 fully saturated rings. The van der Waals surface area contributed by atoms with E-state index in [4.69, 9.17) is 9.72 Å². The minimum atomic E-state index is -4.00. The fourth-order valence-electron chi connectivity index (χ4n) is 8.27. The molecule has 0 radical (unpaired) electrons. The normalized spacial score (nSPS) is 18.9. The molecule has 1 N–H and O–H groups in total. The maximum absolute atomic E-state index is 15.4. The van der Waals surface area contributed by atoms with E-state index in [0.29, 0.717) is 10.7 Å². The molecule has 3 aliphatic rings. The smallest absolute Gasteiger partial charge is 0.293 e. The van der Waals surface area contributed by atoms with E-state index in [-0.39, 0.29) is 82.3 Å². The van der Waals surface area contributed by atoms with Crippen molar-refractivity contribution >= 4 is 26.8 Å². The summed E-state index contributed by atoms with van der Waals surface area (Å²) in [6, 6.07) is 11.5. The van der Waals surface area contributed by atoms with E-state index in [1.165, 1.54) is 59.2 Å². The minimum absolute atomic E-state index is 0.00962. The first kappa shape index (κ1) is 40.4. The highest BCUT2D eigenvalue weighted by atomic mass is 32.2. The first-order valence-corrected chi connectivity index (χ1v) is 20.4. The highest BCUT2D eigenvalue weighted by Gasteiger charge is 2.67. The zero-order chi connectivity index (χ0) is 43.0. The molecule has 0 unspecified atom stereocenters. The van der Waals surface area contributed by atoms with Crippen molar-refractivity contribution in [2.45, 2.75) is 48.6 Å². The van der Waals surface area contributed by atoms with Crippen LogP contribution in [-0.4, -0.2) is 69.2 Å². The number of benzene rings is 3. The Balaban J connectivity index is 1.18. The Bertz CT molecular complexity index is 2880. The summed E-state index contributed by atoms with van der Waals surface area (Å²) in [5.41, 5.74) is -2.46. The number of aromatic nitrogens is 5. The van der Waals surface area contributed by atoms with Crippen LogP contribution in [0.3, 0.4) is 0 Å². The number of ether oxygens (including phenoxy) is 1. The van der Waals surface area contributed by atoms with Gasteiger partial charge in [0, 0.05) is 55.0 Å². The second-order valence-corrected chi connectivity index (χ2v) is 16.9. The summed E-state index contributed by atoms with van der Waals surface area (Å²) in [6.45, 7) is -0.391. The van der Waals surface area contributed by atoms with Crippen molar-refractivity contribution < 1.29 is 48.7 Å². The summed E-state index contributed by atoms with van der Waals surface area (Å²) in [7, 11) is -4.00. The zero-order valence-electron chi connectivity index (χ0n) is 31.5. The predicted molar refractivity (Wildman–Crippen MR) is 203 cm³/mol. The third-order valence-corrected chi connectivity index (χ3v) is 13.1. The zero-order valence-corrected chi connectivity index (χ0v) is 32.4. The van der Waals surface area contributed by atoms with E-state index in [9.17, 15) is 40.0 Å². The summed E-state index contributed by atoms with van der Waals surface area (Å²) >= 11 is 0. The molecule has 3 aromatic heterocycles. The van der Waals surface area contributed by atoms with Gasteiger partial charge in [-0.3, -0.25) is 23.8 Å². The monoisotopic (exact) mass is 867 g/mol. The van der Waals surface area contributed by atoms with E-state index < -0.39 is 93.5 Å². The van der Waals surface area contributed by atoms with Crippen LogP contribution >= 0.6 is 0 Å². The van der Waals surface area contributed by atoms with Crippen molar-refractivity contribution in [1.29, 1.82) is 0 Å². The Kier molecular flexibility index (Phi) is 10.1. The van der Waals surface area contributed by atoms with Crippen LogP contribution in [-0.2, 0) is 38.4 Å². The third-order valence-electron chi connectivity index (χ3n) is 11.1. The molecule has 4 heterocycles. The van der Waals surface area contributed by atoms with Gasteiger partial charge >= 0.3 is 0 Å². The molecule has 316 valence electrons. The number of carbonyl (C=O) groups is 1. The number of amides is 1. The lowest BCUT2D eigenvalue weighted by Gasteiger charge is -2.26. The highest BCUT2D eigenvalue weighted by Crippen LogP contribution is 2.68. The number of carbonyl (C=O) groups excluding carboxylic acids is 1. The van der Waals surface area contributed by atoms with Gasteiger partial charge < -0.3 is 10.1 Å². The molecular formula is C41H32F7N7O5S. The van der Waals surface area contributed by atoms with Gasteiger partial charge in [0.15, 0.2) is 0 Å². The maximum atomic E-state index is 15.4. The van der Waals surface area contributed by atoms with Gasteiger partial charge in [-0.2, -0.15) is 18.2 Å².